The zero-order valence-electron chi connectivity index (χ0n) is 9.84. The summed E-state index contributed by atoms with van der Waals surface area (Å²) in [5.74, 6) is 1.73. The van der Waals surface area contributed by atoms with E-state index in [1.165, 1.54) is 0 Å². The Hall–Kier alpha value is -2.14. The Morgan fingerprint density at radius 1 is 1.05 bits per heavy atom. The van der Waals surface area contributed by atoms with Gasteiger partial charge in [-0.15, -0.1) is 0 Å². The number of benzene rings is 1. The number of fused-ring (bicyclic) bond motifs is 5. The van der Waals surface area contributed by atoms with Gasteiger partial charge >= 0.3 is 0 Å². The Bertz CT molecular complexity index is 779. The van der Waals surface area contributed by atoms with Crippen molar-refractivity contribution in [2.45, 2.75) is 0 Å². The molecule has 0 unspecified atom stereocenters. The van der Waals surface area contributed by atoms with Crippen molar-refractivity contribution in [1.29, 1.82) is 0 Å². The molecule has 0 saturated carbocycles. The minimum atomic E-state index is 0.826. The first-order valence-corrected chi connectivity index (χ1v) is 6.69. The van der Waals surface area contributed by atoms with Crippen molar-refractivity contribution in [3.8, 4) is 17.1 Å². The number of halogens is 1. The van der Waals surface area contributed by atoms with Crippen molar-refractivity contribution in [3.05, 3.63) is 53.4 Å². The molecule has 0 atom stereocenters. The predicted molar refractivity (Wildman–Crippen MR) is 77.8 cm³/mol. The maximum atomic E-state index is 4.50. The molecule has 0 saturated heterocycles. The zero-order valence-corrected chi connectivity index (χ0v) is 11.4. The van der Waals surface area contributed by atoms with Crippen LogP contribution in [-0.4, -0.2) is 14.5 Å². The molecule has 1 N–H and O–H groups in total. The summed E-state index contributed by atoms with van der Waals surface area (Å²) in [7, 11) is 0. The van der Waals surface area contributed by atoms with E-state index in [9.17, 15) is 0 Å². The second-order valence-corrected chi connectivity index (χ2v) is 5.09. The quantitative estimate of drug-likeness (QED) is 0.537. The highest BCUT2D eigenvalue weighted by molar-refractivity contribution is 9.10. The molecule has 4 nitrogen and oxygen atoms in total. The molecule has 2 aromatic heterocycles. The van der Waals surface area contributed by atoms with E-state index in [0.29, 0.717) is 0 Å². The van der Waals surface area contributed by atoms with E-state index in [-0.39, 0.29) is 0 Å². The molecule has 4 rings (SSSR count). The molecule has 1 aliphatic heterocycles. The monoisotopic (exact) mass is 312 g/mol. The van der Waals surface area contributed by atoms with Gasteiger partial charge in [-0.25, -0.2) is 9.97 Å². The topological polar surface area (TPSA) is 42.7 Å². The largest absolute Gasteiger partial charge is 0.338 e. The van der Waals surface area contributed by atoms with E-state index < -0.39 is 0 Å². The van der Waals surface area contributed by atoms with Gasteiger partial charge in [0, 0.05) is 11.8 Å². The van der Waals surface area contributed by atoms with Gasteiger partial charge in [-0.2, -0.15) is 0 Å². The van der Waals surface area contributed by atoms with Crippen LogP contribution in [0.15, 0.2) is 53.4 Å². The SMILES string of the molecule is Brc1cnc2n1-c1cccnc1Nc1ccccc1-2. The summed E-state index contributed by atoms with van der Waals surface area (Å²) in [6, 6.07) is 12.0. The highest BCUT2D eigenvalue weighted by atomic mass is 79.9. The molecule has 3 aromatic rings. The summed E-state index contributed by atoms with van der Waals surface area (Å²) in [5.41, 5.74) is 3.06. The van der Waals surface area contributed by atoms with Crippen LogP contribution in [0.3, 0.4) is 0 Å². The van der Waals surface area contributed by atoms with Gasteiger partial charge < -0.3 is 5.32 Å². The Kier molecular flexibility index (Phi) is 2.22. The fourth-order valence-corrected chi connectivity index (χ4v) is 2.80. The van der Waals surface area contributed by atoms with Crippen LogP contribution in [0, 0.1) is 0 Å². The zero-order chi connectivity index (χ0) is 12.8. The van der Waals surface area contributed by atoms with Crippen LogP contribution >= 0.6 is 15.9 Å². The van der Waals surface area contributed by atoms with E-state index in [2.05, 4.69) is 41.8 Å². The molecule has 0 fully saturated rings. The number of hydrogen-bond acceptors (Lipinski definition) is 3. The van der Waals surface area contributed by atoms with Crippen molar-refractivity contribution in [1.82, 2.24) is 14.5 Å². The number of rotatable bonds is 0. The Morgan fingerprint density at radius 3 is 2.89 bits per heavy atom. The van der Waals surface area contributed by atoms with Gasteiger partial charge in [-0.05, 0) is 40.2 Å². The molecule has 3 heterocycles. The molecule has 0 radical (unpaired) electrons. The highest BCUT2D eigenvalue weighted by Crippen LogP contribution is 2.38. The lowest BCUT2D eigenvalue weighted by atomic mass is 10.1. The number of pyridine rings is 1. The maximum absolute atomic E-state index is 4.50. The van der Waals surface area contributed by atoms with Gasteiger partial charge in [-0.3, -0.25) is 4.57 Å². The molecular formula is C14H9BrN4. The second-order valence-electron chi connectivity index (χ2n) is 4.28. The summed E-state index contributed by atoms with van der Waals surface area (Å²) in [6.45, 7) is 0. The average Bonchev–Trinajstić information content (AvgIpc) is 2.75. The first-order valence-electron chi connectivity index (χ1n) is 5.89. The molecular weight excluding hydrogens is 304 g/mol. The minimum absolute atomic E-state index is 0.826. The summed E-state index contributed by atoms with van der Waals surface area (Å²) in [6.07, 6.45) is 3.60. The van der Waals surface area contributed by atoms with E-state index in [4.69, 9.17) is 0 Å². The number of para-hydroxylation sites is 1. The first-order chi connectivity index (χ1) is 9.34. The van der Waals surface area contributed by atoms with E-state index in [1.54, 1.807) is 6.20 Å². The Morgan fingerprint density at radius 2 is 1.95 bits per heavy atom. The number of aromatic nitrogens is 3. The standard InChI is InChI=1S/C14H9BrN4/c15-12-8-17-14-9-4-1-2-5-10(9)18-13-11(19(12)14)6-3-7-16-13/h1-8H,(H,16,18). The highest BCUT2D eigenvalue weighted by Gasteiger charge is 2.21. The number of anilines is 2. The van der Waals surface area contributed by atoms with Gasteiger partial charge in [0.05, 0.1) is 17.6 Å². The van der Waals surface area contributed by atoms with Crippen molar-refractivity contribution >= 4 is 27.4 Å². The molecule has 0 bridgehead atoms. The van der Waals surface area contributed by atoms with Gasteiger partial charge in [0.15, 0.2) is 5.82 Å². The lowest BCUT2D eigenvalue weighted by Crippen LogP contribution is -1.99. The first kappa shape index (κ1) is 10.8. The molecule has 5 heteroatoms. The molecule has 19 heavy (non-hydrogen) atoms. The Labute approximate surface area is 118 Å². The lowest BCUT2D eigenvalue weighted by Gasteiger charge is -2.08. The molecule has 0 aliphatic carbocycles. The second kappa shape index (κ2) is 3.93. The van der Waals surface area contributed by atoms with Gasteiger partial charge in [0.25, 0.3) is 0 Å². The lowest BCUT2D eigenvalue weighted by molar-refractivity contribution is 1.04. The fourth-order valence-electron chi connectivity index (χ4n) is 2.34. The summed E-state index contributed by atoms with van der Waals surface area (Å²) >= 11 is 3.55. The number of hydrogen-bond donors (Lipinski definition) is 1. The molecule has 1 aromatic carbocycles. The van der Waals surface area contributed by atoms with Gasteiger partial charge in [-0.1, -0.05) is 12.1 Å². The van der Waals surface area contributed by atoms with Crippen molar-refractivity contribution < 1.29 is 0 Å². The van der Waals surface area contributed by atoms with Crippen LogP contribution < -0.4 is 5.32 Å². The van der Waals surface area contributed by atoms with Crippen LogP contribution in [0.25, 0.3) is 17.1 Å². The van der Waals surface area contributed by atoms with Crippen LogP contribution in [0.5, 0.6) is 0 Å². The van der Waals surface area contributed by atoms with E-state index in [0.717, 1.165) is 33.2 Å². The fraction of sp³-hybridized carbons (Fsp3) is 0. The van der Waals surface area contributed by atoms with Crippen molar-refractivity contribution in [2.24, 2.45) is 0 Å². The number of nitrogens with one attached hydrogen (secondary N) is 1. The van der Waals surface area contributed by atoms with E-state index >= 15 is 0 Å². The Balaban J connectivity index is 2.14. The average molecular weight is 313 g/mol. The molecule has 92 valence electrons. The van der Waals surface area contributed by atoms with E-state index in [1.807, 2.05) is 36.5 Å². The third-order valence-corrected chi connectivity index (χ3v) is 3.73. The van der Waals surface area contributed by atoms with Crippen molar-refractivity contribution in [2.75, 3.05) is 5.32 Å². The number of nitrogens with zero attached hydrogens (tertiary/aromatic N) is 3. The third-order valence-electron chi connectivity index (χ3n) is 3.17. The summed E-state index contributed by atoms with van der Waals surface area (Å²) in [5, 5.41) is 3.37. The predicted octanol–water partition coefficient (Wildman–Crippen LogP) is 3.75. The van der Waals surface area contributed by atoms with Crippen LogP contribution in [0.1, 0.15) is 0 Å². The third kappa shape index (κ3) is 1.51. The number of imidazole rings is 1. The molecule has 0 amide bonds. The van der Waals surface area contributed by atoms with Crippen LogP contribution in [-0.2, 0) is 0 Å². The molecule has 0 spiro atoms. The maximum Gasteiger partial charge on any atom is 0.154 e. The van der Waals surface area contributed by atoms with Crippen LogP contribution in [0.2, 0.25) is 0 Å². The van der Waals surface area contributed by atoms with Gasteiger partial charge in [0.1, 0.15) is 10.4 Å². The normalized spacial score (nSPS) is 11.8. The smallest absolute Gasteiger partial charge is 0.154 e. The summed E-state index contributed by atoms with van der Waals surface area (Å²) < 4.78 is 2.97. The molecule has 1 aliphatic rings. The minimum Gasteiger partial charge on any atom is -0.338 e. The van der Waals surface area contributed by atoms with Gasteiger partial charge in [0.2, 0.25) is 0 Å². The summed E-state index contributed by atoms with van der Waals surface area (Å²) in [4.78, 5) is 8.92. The van der Waals surface area contributed by atoms with Crippen molar-refractivity contribution in [3.63, 3.8) is 0 Å². The van der Waals surface area contributed by atoms with Crippen LogP contribution in [0.4, 0.5) is 11.5 Å².